The average molecular weight is 428 g/mol. The number of likely N-dealkylation sites (tertiary alicyclic amines) is 1. The van der Waals surface area contributed by atoms with E-state index < -0.39 is 20.7 Å². The Morgan fingerprint density at radius 2 is 1.55 bits per heavy atom. The van der Waals surface area contributed by atoms with Crippen LogP contribution in [-0.4, -0.2) is 72.1 Å². The van der Waals surface area contributed by atoms with Gasteiger partial charge in [-0.25, -0.2) is 8.42 Å². The van der Waals surface area contributed by atoms with Gasteiger partial charge in [0.1, 0.15) is 5.76 Å². The molecule has 2 fully saturated rings. The van der Waals surface area contributed by atoms with Crippen LogP contribution in [0.1, 0.15) is 51.1 Å². The highest BCUT2D eigenvalue weighted by Gasteiger charge is 2.30. The summed E-state index contributed by atoms with van der Waals surface area (Å²) in [5.41, 5.74) is -0.419. The van der Waals surface area contributed by atoms with Gasteiger partial charge in [0, 0.05) is 32.2 Å². The molecule has 0 aliphatic carbocycles. The Hall–Kier alpha value is -1.42. The van der Waals surface area contributed by atoms with E-state index >= 15 is 0 Å². The number of nitrogens with zero attached hydrogens (tertiary/aromatic N) is 3. The van der Waals surface area contributed by atoms with Crippen molar-refractivity contribution in [3.8, 4) is 5.75 Å². The van der Waals surface area contributed by atoms with Crippen LogP contribution < -0.4 is 5.43 Å². The SMILES string of the molecule is CC(C)S(=O)(=O)N1CCN(Cc2oc(CN3CCCCCC3)cc(=O)c2O)CC1. The Labute approximate surface area is 173 Å². The van der Waals surface area contributed by atoms with Gasteiger partial charge in [-0.05, 0) is 39.8 Å². The summed E-state index contributed by atoms with van der Waals surface area (Å²) in [5, 5.41) is 9.77. The standard InChI is InChI=1S/C20H33N3O5S/c1-16(2)29(26,27)23-11-9-22(10-12-23)15-19-20(25)18(24)13-17(28-19)14-21-7-5-3-4-6-8-21/h13,16,25H,3-12,14-15H2,1-2H3. The Bertz CT molecular complexity index is 836. The first-order chi connectivity index (χ1) is 13.8. The second-order valence-corrected chi connectivity index (χ2v) is 10.8. The van der Waals surface area contributed by atoms with E-state index in [0.717, 1.165) is 25.9 Å². The Balaban J connectivity index is 1.65. The molecular formula is C20H33N3O5S. The number of rotatable bonds is 6. The number of aromatic hydroxyl groups is 1. The molecule has 2 aliphatic rings. The molecule has 9 heteroatoms. The third kappa shape index (κ3) is 5.59. The monoisotopic (exact) mass is 427 g/mol. The summed E-state index contributed by atoms with van der Waals surface area (Å²) in [6.07, 6.45) is 4.77. The van der Waals surface area contributed by atoms with Crippen LogP contribution in [0.3, 0.4) is 0 Å². The molecule has 0 spiro atoms. The van der Waals surface area contributed by atoms with Crippen LogP contribution in [0.2, 0.25) is 0 Å². The minimum absolute atomic E-state index is 0.266. The Morgan fingerprint density at radius 1 is 0.966 bits per heavy atom. The minimum Gasteiger partial charge on any atom is -0.502 e. The Kier molecular flexibility index (Phi) is 7.37. The number of sulfonamides is 1. The van der Waals surface area contributed by atoms with E-state index in [9.17, 15) is 18.3 Å². The van der Waals surface area contributed by atoms with Gasteiger partial charge < -0.3 is 9.52 Å². The first-order valence-electron chi connectivity index (χ1n) is 10.6. The fraction of sp³-hybridized carbons (Fsp3) is 0.750. The summed E-state index contributed by atoms with van der Waals surface area (Å²) in [7, 11) is -3.26. The van der Waals surface area contributed by atoms with Crippen LogP contribution in [0, 0.1) is 0 Å². The van der Waals surface area contributed by atoms with Crippen molar-refractivity contribution in [1.29, 1.82) is 0 Å². The van der Waals surface area contributed by atoms with Crippen molar-refractivity contribution >= 4 is 10.0 Å². The molecule has 2 aliphatic heterocycles. The van der Waals surface area contributed by atoms with Crippen molar-refractivity contribution in [2.45, 2.75) is 57.9 Å². The molecule has 2 saturated heterocycles. The summed E-state index contributed by atoms with van der Waals surface area (Å²) in [4.78, 5) is 16.5. The smallest absolute Gasteiger partial charge is 0.227 e. The van der Waals surface area contributed by atoms with Crippen molar-refractivity contribution in [1.82, 2.24) is 14.1 Å². The summed E-state index contributed by atoms with van der Waals surface area (Å²) in [5.74, 6) is 0.495. The molecule has 29 heavy (non-hydrogen) atoms. The summed E-state index contributed by atoms with van der Waals surface area (Å²) in [6.45, 7) is 8.09. The first-order valence-corrected chi connectivity index (χ1v) is 12.1. The van der Waals surface area contributed by atoms with Gasteiger partial charge in [0.25, 0.3) is 0 Å². The maximum atomic E-state index is 12.3. The first kappa shape index (κ1) is 22.3. The molecule has 0 atom stereocenters. The van der Waals surface area contributed by atoms with E-state index in [1.165, 1.54) is 23.2 Å². The van der Waals surface area contributed by atoms with E-state index in [-0.39, 0.29) is 11.5 Å². The molecule has 0 radical (unpaired) electrons. The van der Waals surface area contributed by atoms with Gasteiger partial charge in [-0.3, -0.25) is 14.6 Å². The highest BCUT2D eigenvalue weighted by Crippen LogP contribution is 2.20. The Morgan fingerprint density at radius 3 is 2.14 bits per heavy atom. The molecule has 1 aromatic rings. The maximum Gasteiger partial charge on any atom is 0.227 e. The van der Waals surface area contributed by atoms with E-state index in [4.69, 9.17) is 4.42 Å². The molecule has 8 nitrogen and oxygen atoms in total. The molecule has 164 valence electrons. The lowest BCUT2D eigenvalue weighted by Gasteiger charge is -2.34. The van der Waals surface area contributed by atoms with Gasteiger partial charge in [0.05, 0.1) is 18.3 Å². The predicted molar refractivity (Wildman–Crippen MR) is 111 cm³/mol. The van der Waals surface area contributed by atoms with Gasteiger partial charge in [-0.2, -0.15) is 4.31 Å². The van der Waals surface area contributed by atoms with Gasteiger partial charge in [-0.1, -0.05) is 12.8 Å². The molecule has 1 N–H and O–H groups in total. The molecule has 1 aromatic heterocycles. The van der Waals surface area contributed by atoms with Gasteiger partial charge in [0.2, 0.25) is 21.2 Å². The molecule has 0 aromatic carbocycles. The molecule has 0 saturated carbocycles. The lowest BCUT2D eigenvalue weighted by atomic mass is 10.2. The zero-order chi connectivity index (χ0) is 21.0. The van der Waals surface area contributed by atoms with Gasteiger partial charge in [0.15, 0.2) is 5.76 Å². The van der Waals surface area contributed by atoms with E-state index in [0.29, 0.717) is 45.0 Å². The third-order valence-corrected chi connectivity index (χ3v) is 8.05. The zero-order valence-electron chi connectivity index (χ0n) is 17.5. The highest BCUT2D eigenvalue weighted by atomic mass is 32.2. The summed E-state index contributed by atoms with van der Waals surface area (Å²) in [6, 6.07) is 1.39. The summed E-state index contributed by atoms with van der Waals surface area (Å²) < 4.78 is 32.0. The van der Waals surface area contributed by atoms with E-state index in [2.05, 4.69) is 4.90 Å². The zero-order valence-corrected chi connectivity index (χ0v) is 18.3. The van der Waals surface area contributed by atoms with Crippen molar-refractivity contribution in [2.24, 2.45) is 0 Å². The van der Waals surface area contributed by atoms with Crippen molar-refractivity contribution in [3.63, 3.8) is 0 Å². The predicted octanol–water partition coefficient (Wildman–Crippen LogP) is 1.58. The fourth-order valence-corrected chi connectivity index (χ4v) is 5.20. The second kappa shape index (κ2) is 9.59. The molecule has 3 rings (SSSR count). The molecular weight excluding hydrogens is 394 g/mol. The quantitative estimate of drug-likeness (QED) is 0.736. The number of hydrogen-bond acceptors (Lipinski definition) is 7. The van der Waals surface area contributed by atoms with Crippen LogP contribution in [0.25, 0.3) is 0 Å². The topological polar surface area (TPSA) is 94.3 Å². The maximum absolute atomic E-state index is 12.3. The van der Waals surface area contributed by atoms with Crippen LogP contribution in [0.15, 0.2) is 15.3 Å². The molecule has 0 amide bonds. The van der Waals surface area contributed by atoms with Crippen LogP contribution in [-0.2, 0) is 23.1 Å². The van der Waals surface area contributed by atoms with Gasteiger partial charge >= 0.3 is 0 Å². The lowest BCUT2D eigenvalue weighted by molar-refractivity contribution is 0.162. The van der Waals surface area contributed by atoms with Crippen molar-refractivity contribution in [2.75, 3.05) is 39.3 Å². The third-order valence-electron chi connectivity index (χ3n) is 5.78. The normalized spacial score (nSPS) is 20.8. The van der Waals surface area contributed by atoms with Gasteiger partial charge in [-0.15, -0.1) is 0 Å². The van der Waals surface area contributed by atoms with Crippen molar-refractivity contribution < 1.29 is 17.9 Å². The highest BCUT2D eigenvalue weighted by molar-refractivity contribution is 7.89. The van der Waals surface area contributed by atoms with E-state index in [1.54, 1.807) is 13.8 Å². The van der Waals surface area contributed by atoms with Crippen LogP contribution in [0.5, 0.6) is 5.75 Å². The minimum atomic E-state index is -3.26. The summed E-state index contributed by atoms with van der Waals surface area (Å²) >= 11 is 0. The number of hydrogen-bond donors (Lipinski definition) is 1. The van der Waals surface area contributed by atoms with E-state index in [1.807, 2.05) is 4.90 Å². The van der Waals surface area contributed by atoms with Crippen molar-refractivity contribution in [3.05, 3.63) is 27.8 Å². The fourth-order valence-electron chi connectivity index (χ4n) is 3.93. The lowest BCUT2D eigenvalue weighted by Crippen LogP contribution is -2.50. The average Bonchev–Trinajstić information content (AvgIpc) is 2.94. The molecule has 0 bridgehead atoms. The molecule has 0 unspecified atom stereocenters. The second-order valence-electron chi connectivity index (χ2n) is 8.31. The van der Waals surface area contributed by atoms with Crippen LogP contribution in [0.4, 0.5) is 0 Å². The largest absolute Gasteiger partial charge is 0.502 e. The molecule has 3 heterocycles. The van der Waals surface area contributed by atoms with Crippen LogP contribution >= 0.6 is 0 Å². The number of piperazine rings is 1.